The van der Waals surface area contributed by atoms with Crippen LogP contribution in [0.25, 0.3) is 5.57 Å². The molecule has 0 N–H and O–H groups in total. The topological polar surface area (TPSA) is 38.8 Å². The smallest absolute Gasteiger partial charge is 0.416 e. The van der Waals surface area contributed by atoms with Crippen molar-refractivity contribution in [2.24, 2.45) is 5.41 Å². The summed E-state index contributed by atoms with van der Waals surface area (Å²) in [6.45, 7) is 10.2. The number of hydrogen-bond acceptors (Lipinski definition) is 3. The van der Waals surface area contributed by atoms with E-state index in [0.29, 0.717) is 30.7 Å². The fraction of sp³-hybridized carbons (Fsp3) is 0.516. The predicted octanol–water partition coefficient (Wildman–Crippen LogP) is 9.40. The van der Waals surface area contributed by atoms with Crippen molar-refractivity contribution >= 4 is 11.7 Å². The first-order chi connectivity index (χ1) is 18.9. The van der Waals surface area contributed by atoms with Crippen LogP contribution in [0.1, 0.15) is 93.7 Å². The maximum atomic E-state index is 13.5. The van der Waals surface area contributed by atoms with E-state index in [9.17, 15) is 31.1 Å². The van der Waals surface area contributed by atoms with Crippen molar-refractivity contribution < 1.29 is 40.6 Å². The lowest BCUT2D eigenvalue weighted by Gasteiger charge is -2.35. The molecule has 41 heavy (non-hydrogen) atoms. The Morgan fingerprint density at radius 2 is 1.63 bits per heavy atom. The van der Waals surface area contributed by atoms with Gasteiger partial charge in [-0.25, -0.2) is 4.79 Å². The van der Waals surface area contributed by atoms with E-state index in [4.69, 9.17) is 9.47 Å². The van der Waals surface area contributed by atoms with Gasteiger partial charge >= 0.3 is 18.4 Å². The van der Waals surface area contributed by atoms with Crippen LogP contribution in [-0.4, -0.2) is 30.7 Å². The molecule has 0 bridgehead atoms. The monoisotopic (exact) mass is 583 g/mol. The molecule has 1 heterocycles. The number of rotatable bonds is 6. The average molecular weight is 584 g/mol. The van der Waals surface area contributed by atoms with Gasteiger partial charge in [-0.3, -0.25) is 4.90 Å². The van der Waals surface area contributed by atoms with Gasteiger partial charge in [0.2, 0.25) is 0 Å². The summed E-state index contributed by atoms with van der Waals surface area (Å²) in [4.78, 5) is 14.4. The quantitative estimate of drug-likeness (QED) is 0.318. The van der Waals surface area contributed by atoms with Crippen molar-refractivity contribution in [1.82, 2.24) is 4.90 Å². The van der Waals surface area contributed by atoms with Crippen LogP contribution in [-0.2, 0) is 17.1 Å². The van der Waals surface area contributed by atoms with Crippen LogP contribution in [0.5, 0.6) is 5.75 Å². The Bertz CT molecular complexity index is 1310. The van der Waals surface area contributed by atoms with E-state index in [1.54, 1.807) is 14.0 Å². The number of halogens is 6. The highest BCUT2D eigenvalue weighted by Crippen LogP contribution is 2.47. The van der Waals surface area contributed by atoms with Gasteiger partial charge in [-0.05, 0) is 90.1 Å². The van der Waals surface area contributed by atoms with E-state index < -0.39 is 41.7 Å². The first-order valence-electron chi connectivity index (χ1n) is 13.6. The fourth-order valence-corrected chi connectivity index (χ4v) is 5.62. The molecule has 1 fully saturated rings. The van der Waals surface area contributed by atoms with Gasteiger partial charge in [0.05, 0.1) is 24.3 Å². The van der Waals surface area contributed by atoms with Gasteiger partial charge in [0.1, 0.15) is 11.9 Å². The third kappa shape index (κ3) is 6.51. The highest BCUT2D eigenvalue weighted by molar-refractivity contribution is 5.77. The summed E-state index contributed by atoms with van der Waals surface area (Å²) < 4.78 is 92.0. The van der Waals surface area contributed by atoms with Crippen molar-refractivity contribution in [3.8, 4) is 5.75 Å². The molecular weight excluding hydrogens is 548 g/mol. The summed E-state index contributed by atoms with van der Waals surface area (Å²) in [5.74, 6) is 0.960. The summed E-state index contributed by atoms with van der Waals surface area (Å²) in [6, 6.07) is 6.55. The van der Waals surface area contributed by atoms with Crippen molar-refractivity contribution in [3.05, 3.63) is 69.8 Å². The zero-order valence-corrected chi connectivity index (χ0v) is 24.0. The van der Waals surface area contributed by atoms with Gasteiger partial charge in [0, 0.05) is 12.1 Å². The molecule has 10 heteroatoms. The Hall–Kier alpha value is -3.17. The van der Waals surface area contributed by atoms with Crippen LogP contribution in [0.2, 0.25) is 0 Å². The number of cyclic esters (lactones) is 1. The number of alkyl halides is 6. The average Bonchev–Trinajstić information content (AvgIpc) is 3.16. The Kier molecular flexibility index (Phi) is 8.19. The molecule has 1 amide bonds. The Labute approximate surface area is 236 Å². The lowest BCUT2D eigenvalue weighted by molar-refractivity contribution is -0.143. The van der Waals surface area contributed by atoms with Gasteiger partial charge in [-0.15, -0.1) is 0 Å². The second kappa shape index (κ2) is 10.9. The summed E-state index contributed by atoms with van der Waals surface area (Å²) in [5.41, 5.74) is 0.780. The second-order valence-electron chi connectivity index (χ2n) is 12.0. The third-order valence-corrected chi connectivity index (χ3v) is 8.09. The standard InChI is InChI=1S/C31H35F6NO3/c1-17(2)19-7-8-26(40-6)24(13-19)25-15-29(4,5)10-9-20(25)16-38-18(3)27(41-28(38)39)21-11-22(30(32,33)34)14-23(12-21)31(35,36)37/h7-8,11-14,17-18,27H,9-10,15-16H2,1-6H3/t18-,27-/m0/s1. The molecule has 1 aliphatic heterocycles. The molecule has 0 spiro atoms. The normalized spacial score (nSPS) is 21.5. The van der Waals surface area contributed by atoms with Crippen molar-refractivity contribution in [2.45, 2.75) is 84.3 Å². The second-order valence-corrected chi connectivity index (χ2v) is 12.0. The largest absolute Gasteiger partial charge is 0.496 e. The fourth-order valence-electron chi connectivity index (χ4n) is 5.62. The zero-order valence-electron chi connectivity index (χ0n) is 24.0. The minimum absolute atomic E-state index is 0.0244. The van der Waals surface area contributed by atoms with Crippen LogP contribution in [0.15, 0.2) is 42.0 Å². The Morgan fingerprint density at radius 3 is 2.17 bits per heavy atom. The number of allylic oxidation sites excluding steroid dienone is 1. The number of carbonyl (C=O) groups is 1. The van der Waals surface area contributed by atoms with E-state index >= 15 is 0 Å². The summed E-state index contributed by atoms with van der Waals surface area (Å²) >= 11 is 0. The van der Waals surface area contributed by atoms with Crippen LogP contribution in [0, 0.1) is 5.41 Å². The first-order valence-corrected chi connectivity index (χ1v) is 13.6. The minimum atomic E-state index is -5.00. The van der Waals surface area contributed by atoms with Gasteiger partial charge in [-0.1, -0.05) is 33.8 Å². The van der Waals surface area contributed by atoms with E-state index in [1.807, 2.05) is 12.1 Å². The van der Waals surface area contributed by atoms with Gasteiger partial charge < -0.3 is 9.47 Å². The number of carbonyl (C=O) groups excluding carboxylic acids is 1. The molecule has 1 aliphatic carbocycles. The van der Waals surface area contributed by atoms with Crippen LogP contribution < -0.4 is 4.74 Å². The molecule has 2 aromatic carbocycles. The van der Waals surface area contributed by atoms with Crippen LogP contribution >= 0.6 is 0 Å². The van der Waals surface area contributed by atoms with E-state index in [-0.39, 0.29) is 29.5 Å². The molecule has 0 aromatic heterocycles. The molecule has 4 nitrogen and oxygen atoms in total. The Balaban J connectivity index is 1.74. The molecule has 1 saturated heterocycles. The molecular formula is C31H35F6NO3. The number of ether oxygens (including phenoxy) is 2. The minimum Gasteiger partial charge on any atom is -0.496 e. The van der Waals surface area contributed by atoms with Gasteiger partial charge in [0.25, 0.3) is 0 Å². The van der Waals surface area contributed by atoms with Crippen LogP contribution in [0.3, 0.4) is 0 Å². The molecule has 2 atom stereocenters. The van der Waals surface area contributed by atoms with Gasteiger partial charge in [-0.2, -0.15) is 26.3 Å². The number of methoxy groups -OCH3 is 1. The molecule has 0 unspecified atom stereocenters. The Morgan fingerprint density at radius 1 is 1.02 bits per heavy atom. The summed E-state index contributed by atoms with van der Waals surface area (Å²) in [5, 5.41) is 0. The SMILES string of the molecule is COc1ccc(C(C)C)cc1C1=C(CN2C(=O)O[C@H](c3cc(C(F)(F)F)cc(C(F)(F)F)c3)[C@@H]2C)CCC(C)(C)C1. The maximum absolute atomic E-state index is 13.5. The number of hydrogen-bond donors (Lipinski definition) is 0. The first kappa shape index (κ1) is 30.8. The van der Waals surface area contributed by atoms with Crippen LogP contribution in [0.4, 0.5) is 31.1 Å². The number of benzene rings is 2. The van der Waals surface area contributed by atoms with E-state index in [2.05, 4.69) is 33.8 Å². The summed E-state index contributed by atoms with van der Waals surface area (Å²) in [7, 11) is 1.59. The molecule has 2 aromatic rings. The third-order valence-electron chi connectivity index (χ3n) is 8.09. The van der Waals surface area contributed by atoms with Gasteiger partial charge in [0.15, 0.2) is 0 Å². The molecule has 224 valence electrons. The zero-order chi connectivity index (χ0) is 30.5. The lowest BCUT2D eigenvalue weighted by atomic mass is 9.72. The maximum Gasteiger partial charge on any atom is 0.416 e. The lowest BCUT2D eigenvalue weighted by Crippen LogP contribution is -2.35. The van der Waals surface area contributed by atoms with E-state index in [1.165, 1.54) is 4.90 Å². The number of amides is 1. The molecule has 0 radical (unpaired) electrons. The molecule has 2 aliphatic rings. The van der Waals surface area contributed by atoms with Crippen molar-refractivity contribution in [1.29, 1.82) is 0 Å². The van der Waals surface area contributed by atoms with Crippen molar-refractivity contribution in [2.75, 3.05) is 13.7 Å². The molecule has 0 saturated carbocycles. The highest BCUT2D eigenvalue weighted by Gasteiger charge is 2.44. The molecule has 4 rings (SSSR count). The highest BCUT2D eigenvalue weighted by atomic mass is 19.4. The van der Waals surface area contributed by atoms with E-state index in [0.717, 1.165) is 28.7 Å². The summed E-state index contributed by atoms with van der Waals surface area (Å²) in [6.07, 6.45) is -9.85. The van der Waals surface area contributed by atoms with Crippen molar-refractivity contribution in [3.63, 3.8) is 0 Å². The number of nitrogens with zero attached hydrogens (tertiary/aromatic N) is 1. The predicted molar refractivity (Wildman–Crippen MR) is 143 cm³/mol.